The molecule has 0 radical (unpaired) electrons. The van der Waals surface area contributed by atoms with E-state index in [-0.39, 0.29) is 0 Å². The molecule has 20 heavy (non-hydrogen) atoms. The Morgan fingerprint density at radius 3 is 3.00 bits per heavy atom. The number of nitrogens with one attached hydrogen (secondary N) is 1. The molecule has 8 heteroatoms. The van der Waals surface area contributed by atoms with Gasteiger partial charge < -0.3 is 9.84 Å². The summed E-state index contributed by atoms with van der Waals surface area (Å²) in [6.45, 7) is 8.90. The zero-order valence-electron chi connectivity index (χ0n) is 12.0. The Morgan fingerprint density at radius 2 is 2.30 bits per heavy atom. The molecule has 0 aliphatic rings. The largest absolute Gasteiger partial charge is 0.360 e. The molecule has 1 N–H and O–H groups in total. The van der Waals surface area contributed by atoms with Crippen LogP contribution in [0.4, 0.5) is 0 Å². The summed E-state index contributed by atoms with van der Waals surface area (Å²) in [5.74, 6) is 2.16. The highest BCUT2D eigenvalue weighted by Gasteiger charge is 2.09. The third-order valence-corrected chi connectivity index (χ3v) is 3.55. The molecule has 0 saturated carbocycles. The van der Waals surface area contributed by atoms with E-state index in [9.17, 15) is 0 Å². The summed E-state index contributed by atoms with van der Waals surface area (Å²) in [5, 5.41) is 19.8. The van der Waals surface area contributed by atoms with Crippen LogP contribution in [-0.4, -0.2) is 38.5 Å². The van der Waals surface area contributed by atoms with E-state index in [1.54, 1.807) is 16.4 Å². The van der Waals surface area contributed by atoms with Gasteiger partial charge in [0.25, 0.3) is 0 Å². The maximum atomic E-state index is 5.17. The number of tetrazole rings is 1. The van der Waals surface area contributed by atoms with Gasteiger partial charge in [-0.1, -0.05) is 30.8 Å². The average Bonchev–Trinajstić information content (AvgIpc) is 3.01. The normalized spacial score (nSPS) is 11.4. The number of thioether (sulfide) groups is 1. The topological polar surface area (TPSA) is 81.7 Å². The minimum Gasteiger partial charge on any atom is -0.360 e. The second-order valence-electron chi connectivity index (χ2n) is 5.01. The molecule has 0 saturated heterocycles. The number of aromatic nitrogens is 5. The van der Waals surface area contributed by atoms with E-state index in [0.29, 0.717) is 11.7 Å². The van der Waals surface area contributed by atoms with Crippen molar-refractivity contribution in [3.63, 3.8) is 0 Å². The van der Waals surface area contributed by atoms with Crippen molar-refractivity contribution >= 4 is 11.8 Å². The molecule has 0 spiro atoms. The first kappa shape index (κ1) is 15.0. The van der Waals surface area contributed by atoms with Crippen LogP contribution in [0.5, 0.6) is 0 Å². The Morgan fingerprint density at radius 1 is 1.45 bits per heavy atom. The molecule has 2 aromatic rings. The van der Waals surface area contributed by atoms with Gasteiger partial charge in [0.1, 0.15) is 5.76 Å². The first-order valence-corrected chi connectivity index (χ1v) is 7.65. The number of hydrogen-bond donors (Lipinski definition) is 1. The monoisotopic (exact) mass is 296 g/mol. The average molecular weight is 296 g/mol. The lowest BCUT2D eigenvalue weighted by molar-refractivity contribution is 0.390. The molecule has 0 fully saturated rings. The predicted molar refractivity (Wildman–Crippen MR) is 76.3 cm³/mol. The van der Waals surface area contributed by atoms with Crippen LogP contribution in [0.1, 0.15) is 25.3 Å². The Hall–Kier alpha value is -1.41. The lowest BCUT2D eigenvalue weighted by Crippen LogP contribution is -2.24. The Bertz CT molecular complexity index is 524. The van der Waals surface area contributed by atoms with Crippen LogP contribution in [0.2, 0.25) is 0 Å². The van der Waals surface area contributed by atoms with E-state index in [1.807, 2.05) is 13.0 Å². The van der Waals surface area contributed by atoms with Crippen LogP contribution in [0.3, 0.4) is 0 Å². The Labute approximate surface area is 122 Å². The van der Waals surface area contributed by atoms with Crippen LogP contribution < -0.4 is 5.32 Å². The summed E-state index contributed by atoms with van der Waals surface area (Å²) < 4.78 is 6.97. The van der Waals surface area contributed by atoms with Gasteiger partial charge in [-0.25, -0.2) is 4.68 Å². The Kier molecular flexibility index (Phi) is 5.54. The lowest BCUT2D eigenvalue weighted by Gasteiger charge is -2.07. The molecule has 2 heterocycles. The van der Waals surface area contributed by atoms with Gasteiger partial charge in [0, 0.05) is 12.6 Å². The first-order valence-electron chi connectivity index (χ1n) is 6.67. The summed E-state index contributed by atoms with van der Waals surface area (Å²) in [6, 6.07) is 1.92. The van der Waals surface area contributed by atoms with E-state index < -0.39 is 0 Å². The van der Waals surface area contributed by atoms with Gasteiger partial charge in [-0.3, -0.25) is 0 Å². The van der Waals surface area contributed by atoms with Crippen molar-refractivity contribution in [3.05, 3.63) is 17.5 Å². The number of nitrogens with zero attached hydrogens (tertiary/aromatic N) is 5. The SMILES string of the molecule is Cc1cc(CSc2nnnn2CCNCC(C)C)on1. The van der Waals surface area contributed by atoms with Crippen molar-refractivity contribution in [2.45, 2.75) is 38.2 Å². The van der Waals surface area contributed by atoms with E-state index in [2.05, 4.69) is 39.8 Å². The molecule has 0 atom stereocenters. The quantitative estimate of drug-likeness (QED) is 0.584. The van der Waals surface area contributed by atoms with Crippen LogP contribution in [0.15, 0.2) is 15.7 Å². The molecule has 0 aromatic carbocycles. The minimum absolute atomic E-state index is 0.646. The third-order valence-electron chi connectivity index (χ3n) is 2.57. The molecule has 110 valence electrons. The van der Waals surface area contributed by atoms with Crippen LogP contribution in [0, 0.1) is 12.8 Å². The van der Waals surface area contributed by atoms with Crippen molar-refractivity contribution < 1.29 is 4.52 Å². The van der Waals surface area contributed by atoms with Crippen molar-refractivity contribution in [2.24, 2.45) is 5.92 Å². The van der Waals surface area contributed by atoms with Gasteiger partial charge in [0.05, 0.1) is 18.0 Å². The second kappa shape index (κ2) is 7.39. The fourth-order valence-corrected chi connectivity index (χ4v) is 2.41. The maximum Gasteiger partial charge on any atom is 0.209 e. The standard InChI is InChI=1S/C12H20N6OS/c1-9(2)7-13-4-5-18-12(14-16-17-18)20-8-11-6-10(3)15-19-11/h6,9,13H,4-5,7-8H2,1-3H3. The minimum atomic E-state index is 0.646. The molecule has 0 aliphatic carbocycles. The zero-order chi connectivity index (χ0) is 14.4. The van der Waals surface area contributed by atoms with Crippen LogP contribution in [-0.2, 0) is 12.3 Å². The molecule has 2 rings (SSSR count). The molecule has 2 aromatic heterocycles. The number of hydrogen-bond acceptors (Lipinski definition) is 7. The summed E-state index contributed by atoms with van der Waals surface area (Å²) in [4.78, 5) is 0. The van der Waals surface area contributed by atoms with Gasteiger partial charge in [0.2, 0.25) is 5.16 Å². The Balaban J connectivity index is 1.79. The summed E-state index contributed by atoms with van der Waals surface area (Å²) in [7, 11) is 0. The fourth-order valence-electron chi connectivity index (χ4n) is 1.64. The highest BCUT2D eigenvalue weighted by Crippen LogP contribution is 2.20. The molecule has 0 amide bonds. The lowest BCUT2D eigenvalue weighted by atomic mass is 10.2. The molecular weight excluding hydrogens is 276 g/mol. The molecule has 0 aliphatic heterocycles. The smallest absolute Gasteiger partial charge is 0.209 e. The van der Waals surface area contributed by atoms with Gasteiger partial charge in [-0.05, 0) is 29.8 Å². The van der Waals surface area contributed by atoms with E-state index in [0.717, 1.165) is 36.2 Å². The molecule has 0 unspecified atom stereocenters. The van der Waals surface area contributed by atoms with Crippen molar-refractivity contribution in [1.82, 2.24) is 30.7 Å². The second-order valence-corrected chi connectivity index (χ2v) is 5.95. The molecular formula is C12H20N6OS. The van der Waals surface area contributed by atoms with Gasteiger partial charge in [-0.15, -0.1) is 5.10 Å². The van der Waals surface area contributed by atoms with Gasteiger partial charge in [-0.2, -0.15) is 0 Å². The highest BCUT2D eigenvalue weighted by molar-refractivity contribution is 7.98. The fraction of sp³-hybridized carbons (Fsp3) is 0.667. The summed E-state index contributed by atoms with van der Waals surface area (Å²) >= 11 is 1.55. The molecule has 7 nitrogen and oxygen atoms in total. The summed E-state index contributed by atoms with van der Waals surface area (Å²) in [6.07, 6.45) is 0. The van der Waals surface area contributed by atoms with E-state index >= 15 is 0 Å². The van der Waals surface area contributed by atoms with Crippen molar-refractivity contribution in [2.75, 3.05) is 13.1 Å². The summed E-state index contributed by atoms with van der Waals surface area (Å²) in [5.41, 5.74) is 0.887. The van der Waals surface area contributed by atoms with Gasteiger partial charge in [0.15, 0.2) is 0 Å². The third kappa shape index (κ3) is 4.61. The van der Waals surface area contributed by atoms with Crippen molar-refractivity contribution in [3.8, 4) is 0 Å². The number of aryl methyl sites for hydroxylation is 1. The van der Waals surface area contributed by atoms with Crippen molar-refractivity contribution in [1.29, 1.82) is 0 Å². The number of rotatable bonds is 8. The van der Waals surface area contributed by atoms with E-state index in [4.69, 9.17) is 4.52 Å². The van der Waals surface area contributed by atoms with Gasteiger partial charge >= 0.3 is 0 Å². The van der Waals surface area contributed by atoms with Crippen LogP contribution >= 0.6 is 11.8 Å². The maximum absolute atomic E-state index is 5.17. The first-order chi connectivity index (χ1) is 9.65. The molecule has 0 bridgehead atoms. The highest BCUT2D eigenvalue weighted by atomic mass is 32.2. The van der Waals surface area contributed by atoms with Crippen LogP contribution in [0.25, 0.3) is 0 Å². The predicted octanol–water partition coefficient (Wildman–Crippen LogP) is 1.51. The van der Waals surface area contributed by atoms with E-state index in [1.165, 1.54) is 0 Å². The zero-order valence-corrected chi connectivity index (χ0v) is 12.9.